The highest BCUT2D eigenvalue weighted by atomic mass is 16.6. The van der Waals surface area contributed by atoms with Crippen LogP contribution in [-0.4, -0.2) is 30.5 Å². The molecule has 1 aliphatic rings. The number of nitro benzene ring substituents is 1. The van der Waals surface area contributed by atoms with Crippen LogP contribution in [-0.2, 0) is 0 Å². The van der Waals surface area contributed by atoms with Crippen molar-refractivity contribution in [3.8, 4) is 0 Å². The molecule has 2 aromatic rings. The van der Waals surface area contributed by atoms with Gasteiger partial charge in [-0.3, -0.25) is 14.9 Å². The summed E-state index contributed by atoms with van der Waals surface area (Å²) in [4.78, 5) is 23.3. The molecule has 3 rings (SSSR count). The highest BCUT2D eigenvalue weighted by molar-refractivity contribution is 5.96. The van der Waals surface area contributed by atoms with E-state index in [0.717, 1.165) is 31.6 Å². The van der Waals surface area contributed by atoms with Gasteiger partial charge >= 0.3 is 0 Å². The molecule has 1 fully saturated rings. The maximum atomic E-state index is 12.4. The van der Waals surface area contributed by atoms with Crippen molar-refractivity contribution in [1.82, 2.24) is 10.6 Å². The second kappa shape index (κ2) is 8.44. The molecule has 0 spiro atoms. The molecule has 1 amide bonds. The van der Waals surface area contributed by atoms with E-state index >= 15 is 0 Å². The highest BCUT2D eigenvalue weighted by Crippen LogP contribution is 2.28. The van der Waals surface area contributed by atoms with Crippen LogP contribution in [0.2, 0.25) is 0 Å². The van der Waals surface area contributed by atoms with Crippen LogP contribution in [0.5, 0.6) is 0 Å². The SMILES string of the molecule is O=C(NCC1CCCNC1)c1ccc(Nc2ccccc2)c([N+](=O)[O-])c1. The lowest BCUT2D eigenvalue weighted by atomic mass is 9.99. The molecular weight excluding hydrogens is 332 g/mol. The zero-order valence-corrected chi connectivity index (χ0v) is 14.4. The highest BCUT2D eigenvalue weighted by Gasteiger charge is 2.19. The predicted molar refractivity (Wildman–Crippen MR) is 101 cm³/mol. The number of rotatable bonds is 6. The molecule has 1 unspecified atom stereocenters. The molecule has 0 aromatic heterocycles. The zero-order valence-electron chi connectivity index (χ0n) is 14.4. The van der Waals surface area contributed by atoms with Crippen LogP contribution in [0.3, 0.4) is 0 Å². The van der Waals surface area contributed by atoms with Crippen molar-refractivity contribution >= 4 is 23.0 Å². The van der Waals surface area contributed by atoms with E-state index < -0.39 is 4.92 Å². The van der Waals surface area contributed by atoms with Gasteiger partial charge in [-0.15, -0.1) is 0 Å². The number of anilines is 2. The van der Waals surface area contributed by atoms with Crippen molar-refractivity contribution < 1.29 is 9.72 Å². The fourth-order valence-corrected chi connectivity index (χ4v) is 3.04. The number of carbonyl (C=O) groups excluding carboxylic acids is 1. The van der Waals surface area contributed by atoms with Gasteiger partial charge in [0.05, 0.1) is 4.92 Å². The van der Waals surface area contributed by atoms with E-state index in [2.05, 4.69) is 16.0 Å². The molecule has 1 atom stereocenters. The number of amides is 1. The largest absolute Gasteiger partial charge is 0.352 e. The summed E-state index contributed by atoms with van der Waals surface area (Å²) >= 11 is 0. The maximum absolute atomic E-state index is 12.4. The third kappa shape index (κ3) is 4.58. The summed E-state index contributed by atoms with van der Waals surface area (Å²) < 4.78 is 0. The van der Waals surface area contributed by atoms with Gasteiger partial charge in [-0.1, -0.05) is 18.2 Å². The number of hydrogen-bond donors (Lipinski definition) is 3. The maximum Gasteiger partial charge on any atom is 0.293 e. The monoisotopic (exact) mass is 354 g/mol. The van der Waals surface area contributed by atoms with E-state index in [1.807, 2.05) is 30.3 Å². The number of hydrogen-bond acceptors (Lipinski definition) is 5. The summed E-state index contributed by atoms with van der Waals surface area (Å²) in [7, 11) is 0. The Morgan fingerprint density at radius 1 is 1.23 bits per heavy atom. The quantitative estimate of drug-likeness (QED) is 0.547. The Balaban J connectivity index is 1.70. The van der Waals surface area contributed by atoms with Crippen molar-refractivity contribution in [3.63, 3.8) is 0 Å². The van der Waals surface area contributed by atoms with Crippen molar-refractivity contribution in [1.29, 1.82) is 0 Å². The van der Waals surface area contributed by atoms with Crippen molar-refractivity contribution in [2.45, 2.75) is 12.8 Å². The first kappa shape index (κ1) is 17.9. The summed E-state index contributed by atoms with van der Waals surface area (Å²) in [5.41, 5.74) is 1.27. The molecule has 1 heterocycles. The van der Waals surface area contributed by atoms with Crippen LogP contribution in [0, 0.1) is 16.0 Å². The third-order valence-corrected chi connectivity index (χ3v) is 4.46. The first-order valence-electron chi connectivity index (χ1n) is 8.73. The molecule has 1 saturated heterocycles. The molecule has 1 aliphatic heterocycles. The van der Waals surface area contributed by atoms with Gasteiger partial charge in [0.15, 0.2) is 0 Å². The minimum Gasteiger partial charge on any atom is -0.352 e. The minimum atomic E-state index is -0.479. The zero-order chi connectivity index (χ0) is 18.4. The lowest BCUT2D eigenvalue weighted by Gasteiger charge is -2.22. The number of para-hydroxylation sites is 1. The summed E-state index contributed by atoms with van der Waals surface area (Å²) in [6.45, 7) is 2.48. The van der Waals surface area contributed by atoms with E-state index in [-0.39, 0.29) is 11.6 Å². The average Bonchev–Trinajstić information content (AvgIpc) is 2.68. The van der Waals surface area contributed by atoms with Crippen LogP contribution in [0.1, 0.15) is 23.2 Å². The third-order valence-electron chi connectivity index (χ3n) is 4.46. The minimum absolute atomic E-state index is 0.124. The van der Waals surface area contributed by atoms with Gasteiger partial charge in [-0.2, -0.15) is 0 Å². The molecule has 7 heteroatoms. The van der Waals surface area contributed by atoms with E-state index in [0.29, 0.717) is 23.7 Å². The molecule has 3 N–H and O–H groups in total. The van der Waals surface area contributed by atoms with E-state index in [1.165, 1.54) is 6.07 Å². The summed E-state index contributed by atoms with van der Waals surface area (Å²) in [6, 6.07) is 13.7. The second-order valence-corrected chi connectivity index (χ2v) is 6.40. The normalized spacial score (nSPS) is 16.7. The lowest BCUT2D eigenvalue weighted by molar-refractivity contribution is -0.383. The summed E-state index contributed by atoms with van der Waals surface area (Å²) in [6.07, 6.45) is 2.18. The Bertz CT molecular complexity index is 774. The van der Waals surface area contributed by atoms with Gasteiger partial charge in [-0.05, 0) is 56.1 Å². The number of carbonyl (C=O) groups is 1. The van der Waals surface area contributed by atoms with Gasteiger partial charge in [0.25, 0.3) is 11.6 Å². The van der Waals surface area contributed by atoms with Crippen molar-refractivity contribution in [3.05, 3.63) is 64.2 Å². The molecule has 0 radical (unpaired) electrons. The fraction of sp³-hybridized carbons (Fsp3) is 0.316. The van der Waals surface area contributed by atoms with Gasteiger partial charge in [0.2, 0.25) is 0 Å². The molecule has 7 nitrogen and oxygen atoms in total. The predicted octanol–water partition coefficient (Wildman–Crippen LogP) is 3.07. The molecule has 2 aromatic carbocycles. The number of nitrogens with one attached hydrogen (secondary N) is 3. The van der Waals surface area contributed by atoms with Gasteiger partial charge in [-0.25, -0.2) is 0 Å². The number of benzene rings is 2. The molecule has 0 saturated carbocycles. The molecule has 26 heavy (non-hydrogen) atoms. The van der Waals surface area contributed by atoms with Crippen molar-refractivity contribution in [2.75, 3.05) is 25.0 Å². The van der Waals surface area contributed by atoms with Gasteiger partial charge < -0.3 is 16.0 Å². The summed E-state index contributed by atoms with van der Waals surface area (Å²) in [5.74, 6) is 0.117. The van der Waals surface area contributed by atoms with E-state index in [9.17, 15) is 14.9 Å². The first-order chi connectivity index (χ1) is 12.6. The fourth-order valence-electron chi connectivity index (χ4n) is 3.04. The second-order valence-electron chi connectivity index (χ2n) is 6.40. The molecular formula is C19H22N4O3. The van der Waals surface area contributed by atoms with Crippen LogP contribution in [0.4, 0.5) is 17.1 Å². The van der Waals surface area contributed by atoms with E-state index in [4.69, 9.17) is 0 Å². The Hall–Kier alpha value is -2.93. The Morgan fingerprint density at radius 3 is 2.73 bits per heavy atom. The Kier molecular flexibility index (Phi) is 5.80. The van der Waals surface area contributed by atoms with Crippen LogP contribution in [0.15, 0.2) is 48.5 Å². The van der Waals surface area contributed by atoms with Crippen LogP contribution >= 0.6 is 0 Å². The van der Waals surface area contributed by atoms with Crippen LogP contribution < -0.4 is 16.0 Å². The lowest BCUT2D eigenvalue weighted by Crippen LogP contribution is -2.38. The van der Waals surface area contributed by atoms with Gasteiger partial charge in [0, 0.05) is 23.9 Å². The average molecular weight is 354 g/mol. The number of nitrogens with zero attached hydrogens (tertiary/aromatic N) is 1. The molecule has 136 valence electrons. The number of piperidine rings is 1. The van der Waals surface area contributed by atoms with Crippen LogP contribution in [0.25, 0.3) is 0 Å². The summed E-state index contributed by atoms with van der Waals surface area (Å²) in [5, 5.41) is 20.6. The Labute approximate surface area is 152 Å². The van der Waals surface area contributed by atoms with Crippen molar-refractivity contribution in [2.24, 2.45) is 5.92 Å². The topological polar surface area (TPSA) is 96.3 Å². The smallest absolute Gasteiger partial charge is 0.293 e. The standard InChI is InChI=1S/C19H22N4O3/c24-19(21-13-14-5-4-10-20-12-14)15-8-9-17(18(11-15)23(25)26)22-16-6-2-1-3-7-16/h1-3,6-9,11,14,20,22H,4-5,10,12-13H2,(H,21,24). The first-order valence-corrected chi connectivity index (χ1v) is 8.73. The Morgan fingerprint density at radius 2 is 2.04 bits per heavy atom. The van der Waals surface area contributed by atoms with E-state index in [1.54, 1.807) is 12.1 Å². The van der Waals surface area contributed by atoms with Gasteiger partial charge in [0.1, 0.15) is 5.69 Å². The molecule has 0 aliphatic carbocycles. The number of nitro groups is 1. The molecule has 0 bridgehead atoms.